The Kier molecular flexibility index (Phi) is 95.9. The van der Waals surface area contributed by atoms with E-state index in [1.54, 1.807) is 0 Å². The molecule has 0 aromatic carbocycles. The van der Waals surface area contributed by atoms with Crippen LogP contribution in [-0.4, -0.2) is 16.4 Å². The van der Waals surface area contributed by atoms with Crippen molar-refractivity contribution in [2.45, 2.75) is 0 Å². The third kappa shape index (κ3) is 113. The molecule has 6 N–H and O–H groups in total. The molecule has 0 aromatic heterocycles. The summed E-state index contributed by atoms with van der Waals surface area (Å²) in [4.78, 5) is 0. The molecule has 0 bridgehead atoms. The van der Waals surface area contributed by atoms with Gasteiger partial charge in [0.25, 0.3) is 0 Å². The summed E-state index contributed by atoms with van der Waals surface area (Å²) in [6.45, 7) is 0. The summed E-state index contributed by atoms with van der Waals surface area (Å²) in [6, 6.07) is 0. The second-order valence-electron chi connectivity index (χ2n) is 0.129. The third-order valence-electron chi connectivity index (χ3n) is 0. The first-order valence-corrected chi connectivity index (χ1v) is 8.40. The molecule has 0 unspecified atom stereocenters. The zero-order chi connectivity index (χ0) is 3.58. The first-order valence-electron chi connectivity index (χ1n) is 0.342. The SMILES string of the molecule is Cl.O.O.O.[Cl][Au]([Cl])[Cl]. The van der Waals surface area contributed by atoms with Crippen molar-refractivity contribution >= 4 is 40.0 Å². The van der Waals surface area contributed by atoms with Crippen LogP contribution in [0.15, 0.2) is 0 Å². The second-order valence-corrected chi connectivity index (χ2v) is 9.52. The Labute approximate surface area is 71.2 Å². The van der Waals surface area contributed by atoms with Gasteiger partial charge in [0, 0.05) is 0 Å². The topological polar surface area (TPSA) is 94.5 Å². The van der Waals surface area contributed by atoms with Gasteiger partial charge in [0.2, 0.25) is 0 Å². The Bertz CT molecular complexity index is 16.0. The van der Waals surface area contributed by atoms with E-state index in [-0.39, 0.29) is 28.8 Å². The monoisotopic (exact) mass is 392 g/mol. The van der Waals surface area contributed by atoms with Crippen LogP contribution in [0.2, 0.25) is 0 Å². The molecule has 0 radical (unpaired) electrons. The number of hydrogen-bond acceptors (Lipinski definition) is 0. The summed E-state index contributed by atoms with van der Waals surface area (Å²) < 4.78 is 0. The number of rotatable bonds is 0. The Hall–Kier alpha value is 1.78. The molecule has 8 heavy (non-hydrogen) atoms. The van der Waals surface area contributed by atoms with Gasteiger partial charge in [0.05, 0.1) is 0 Å². The van der Waals surface area contributed by atoms with Gasteiger partial charge in [-0.15, -0.1) is 12.4 Å². The minimum absolute atomic E-state index is 0. The predicted molar refractivity (Wildman–Crippen MR) is 35.6 cm³/mol. The van der Waals surface area contributed by atoms with Crippen LogP contribution >= 0.6 is 40.0 Å². The van der Waals surface area contributed by atoms with Crippen LogP contribution < -0.4 is 0 Å². The van der Waals surface area contributed by atoms with Crippen molar-refractivity contribution in [1.29, 1.82) is 0 Å². The maximum atomic E-state index is 4.95. The van der Waals surface area contributed by atoms with Gasteiger partial charge in [0.15, 0.2) is 0 Å². The molecule has 0 aliphatic carbocycles. The van der Waals surface area contributed by atoms with Gasteiger partial charge in [-0.2, -0.15) is 0 Å². The van der Waals surface area contributed by atoms with Crippen LogP contribution in [0, 0.1) is 0 Å². The first kappa shape index (κ1) is 33.0. The minimum atomic E-state index is -1.79. The molecule has 0 amide bonds. The molecule has 64 valence electrons. The van der Waals surface area contributed by atoms with Gasteiger partial charge in [-0.05, 0) is 0 Å². The van der Waals surface area contributed by atoms with E-state index in [1.165, 1.54) is 0 Å². The van der Waals surface area contributed by atoms with E-state index in [0.29, 0.717) is 0 Å². The quantitative estimate of drug-likeness (QED) is 0.519. The van der Waals surface area contributed by atoms with Crippen LogP contribution in [0.25, 0.3) is 0 Å². The summed E-state index contributed by atoms with van der Waals surface area (Å²) in [5.74, 6) is 0. The van der Waals surface area contributed by atoms with Gasteiger partial charge >= 0.3 is 42.8 Å². The Morgan fingerprint density at radius 1 is 0.750 bits per heavy atom. The fourth-order valence-electron chi connectivity index (χ4n) is 0. The summed E-state index contributed by atoms with van der Waals surface area (Å²) in [5, 5.41) is 0. The third-order valence-corrected chi connectivity index (χ3v) is 0. The Morgan fingerprint density at radius 3 is 0.750 bits per heavy atom. The van der Waals surface area contributed by atoms with Gasteiger partial charge in [0.1, 0.15) is 0 Å². The average molecular weight is 394 g/mol. The van der Waals surface area contributed by atoms with Gasteiger partial charge in [-0.1, -0.05) is 0 Å². The molecule has 0 heterocycles. The van der Waals surface area contributed by atoms with Crippen LogP contribution in [0.4, 0.5) is 0 Å². The second kappa shape index (κ2) is 23.3. The van der Waals surface area contributed by atoms with Crippen LogP contribution in [0.3, 0.4) is 0 Å². The molecule has 0 aliphatic heterocycles. The zero-order valence-corrected chi connectivity index (χ0v) is 8.59. The predicted octanol–water partition coefficient (Wildman–Crippen LogP) is 0.0137. The van der Waals surface area contributed by atoms with E-state index in [2.05, 4.69) is 0 Å². The van der Waals surface area contributed by atoms with E-state index in [9.17, 15) is 0 Å². The molecular weight excluding hydrogens is 387 g/mol. The van der Waals surface area contributed by atoms with Gasteiger partial charge < -0.3 is 16.4 Å². The molecule has 0 rings (SSSR count). The number of halogens is 4. The van der Waals surface area contributed by atoms with E-state index in [0.717, 1.165) is 0 Å². The molecule has 0 aromatic rings. The van der Waals surface area contributed by atoms with Crippen molar-refractivity contribution in [1.82, 2.24) is 0 Å². The molecule has 0 saturated heterocycles. The molecule has 8 heteroatoms. The molecule has 0 saturated carbocycles. The van der Waals surface area contributed by atoms with Crippen LogP contribution in [0.5, 0.6) is 0 Å². The maximum absolute atomic E-state index is 4.95. The van der Waals surface area contributed by atoms with E-state index < -0.39 is 15.2 Å². The molecule has 0 fully saturated rings. The van der Waals surface area contributed by atoms with Crippen molar-refractivity contribution in [3.05, 3.63) is 0 Å². The van der Waals surface area contributed by atoms with Crippen molar-refractivity contribution in [3.8, 4) is 0 Å². The molecule has 3 nitrogen and oxygen atoms in total. The Balaban J connectivity index is -0.00000000750. The summed E-state index contributed by atoms with van der Waals surface area (Å²) in [6.07, 6.45) is 0. The summed E-state index contributed by atoms with van der Waals surface area (Å²) in [7, 11) is 14.9. The average Bonchev–Trinajstić information content (AvgIpc) is 0.811. The van der Waals surface area contributed by atoms with Gasteiger partial charge in [-0.3, -0.25) is 0 Å². The van der Waals surface area contributed by atoms with Crippen LogP contribution in [-0.2, 0) is 15.2 Å². The standard InChI is InChI=1S/Au.4ClH.3H2O/h;4*1H;3*1H2/q+3;;;;;;;/p-3. The van der Waals surface area contributed by atoms with Crippen molar-refractivity contribution in [2.24, 2.45) is 0 Å². The molecular formula is H7AuCl4O3. The fraction of sp³-hybridized carbons (Fsp3) is 0. The molecule has 0 atom stereocenters. The number of hydrogen-bond donors (Lipinski definition) is 0. The first-order chi connectivity index (χ1) is 1.73. The van der Waals surface area contributed by atoms with Crippen LogP contribution in [0.1, 0.15) is 0 Å². The molecule has 0 spiro atoms. The zero-order valence-electron chi connectivity index (χ0n) is 3.34. The van der Waals surface area contributed by atoms with E-state index >= 15 is 0 Å². The van der Waals surface area contributed by atoms with Crippen molar-refractivity contribution in [3.63, 3.8) is 0 Å². The van der Waals surface area contributed by atoms with E-state index in [4.69, 9.17) is 27.6 Å². The molecule has 0 aliphatic rings. The van der Waals surface area contributed by atoms with Gasteiger partial charge in [-0.25, -0.2) is 0 Å². The van der Waals surface area contributed by atoms with E-state index in [1.807, 2.05) is 0 Å². The Morgan fingerprint density at radius 2 is 0.750 bits per heavy atom. The fourth-order valence-corrected chi connectivity index (χ4v) is 0. The summed E-state index contributed by atoms with van der Waals surface area (Å²) in [5.41, 5.74) is 0. The normalized spacial score (nSPS) is 5.62. The van der Waals surface area contributed by atoms with Crippen molar-refractivity contribution < 1.29 is 31.6 Å². The summed E-state index contributed by atoms with van der Waals surface area (Å²) >= 11 is -1.79. The van der Waals surface area contributed by atoms with Crippen molar-refractivity contribution in [2.75, 3.05) is 0 Å².